The Kier molecular flexibility index (Phi) is 5.47. The lowest BCUT2D eigenvalue weighted by atomic mass is 10.2. The summed E-state index contributed by atoms with van der Waals surface area (Å²) in [5.41, 5.74) is 7.85. The molecule has 6 heteroatoms. The highest BCUT2D eigenvalue weighted by Crippen LogP contribution is 2.26. The van der Waals surface area contributed by atoms with E-state index < -0.39 is 0 Å². The molecule has 0 aliphatic carbocycles. The smallest absolute Gasteiger partial charge is 0.154 e. The van der Waals surface area contributed by atoms with Crippen LogP contribution in [-0.2, 0) is 9.47 Å². The average molecular weight is 260 g/mol. The van der Waals surface area contributed by atoms with Crippen molar-refractivity contribution < 1.29 is 9.47 Å². The molecule has 3 N–H and O–H groups in total. The maximum absolute atomic E-state index is 5.92. The Labute approximate surface area is 106 Å². The summed E-state index contributed by atoms with van der Waals surface area (Å²) in [6.07, 6.45) is 0. The maximum atomic E-state index is 5.92. The van der Waals surface area contributed by atoms with Gasteiger partial charge in [0.05, 0.1) is 30.6 Å². The van der Waals surface area contributed by atoms with Crippen LogP contribution in [0.15, 0.2) is 6.07 Å². The molecule has 17 heavy (non-hydrogen) atoms. The Morgan fingerprint density at radius 3 is 2.53 bits per heavy atom. The van der Waals surface area contributed by atoms with Crippen LogP contribution < -0.4 is 11.1 Å². The number of nitrogens with one attached hydrogen (secondary N) is 1. The summed E-state index contributed by atoms with van der Waals surface area (Å²) >= 11 is 5.92. The van der Waals surface area contributed by atoms with Gasteiger partial charge < -0.3 is 20.5 Å². The molecule has 0 amide bonds. The van der Waals surface area contributed by atoms with Crippen molar-refractivity contribution in [3.63, 3.8) is 0 Å². The average Bonchev–Trinajstić information content (AvgIpc) is 2.26. The standard InChI is InChI=1S/C11H18ClN3O2/c1-7-4-9(10(13)11(12)14-7)15-8(5-16-2)6-17-3/h4,8H,5-6,13H2,1-3H3,(H,14,15). The Bertz CT molecular complexity index is 368. The van der Waals surface area contributed by atoms with Gasteiger partial charge in [-0.25, -0.2) is 4.98 Å². The Morgan fingerprint density at radius 1 is 1.41 bits per heavy atom. The third-order valence-electron chi connectivity index (χ3n) is 2.24. The van der Waals surface area contributed by atoms with Crippen molar-refractivity contribution in [2.24, 2.45) is 0 Å². The fourth-order valence-electron chi connectivity index (χ4n) is 1.52. The maximum Gasteiger partial charge on any atom is 0.154 e. The molecule has 0 bridgehead atoms. The highest BCUT2D eigenvalue weighted by Gasteiger charge is 2.12. The number of pyridine rings is 1. The Morgan fingerprint density at radius 2 is 2.00 bits per heavy atom. The predicted octanol–water partition coefficient (Wildman–Crippen LogP) is 1.70. The zero-order valence-electron chi connectivity index (χ0n) is 10.3. The predicted molar refractivity (Wildman–Crippen MR) is 69.6 cm³/mol. The van der Waals surface area contributed by atoms with Crippen LogP contribution in [0, 0.1) is 6.92 Å². The third kappa shape index (κ3) is 4.03. The summed E-state index contributed by atoms with van der Waals surface area (Å²) in [4.78, 5) is 4.07. The lowest BCUT2D eigenvalue weighted by Gasteiger charge is -2.20. The first-order chi connectivity index (χ1) is 8.08. The molecule has 1 rings (SSSR count). The van der Waals surface area contributed by atoms with Gasteiger partial charge in [0.2, 0.25) is 0 Å². The van der Waals surface area contributed by atoms with Crippen LogP contribution in [0.4, 0.5) is 11.4 Å². The molecule has 0 aliphatic rings. The largest absolute Gasteiger partial charge is 0.395 e. The fourth-order valence-corrected chi connectivity index (χ4v) is 1.75. The van der Waals surface area contributed by atoms with Gasteiger partial charge in [-0.05, 0) is 13.0 Å². The molecule has 0 aromatic carbocycles. The molecule has 0 atom stereocenters. The van der Waals surface area contributed by atoms with E-state index in [4.69, 9.17) is 26.8 Å². The van der Waals surface area contributed by atoms with E-state index in [1.165, 1.54) is 0 Å². The van der Waals surface area contributed by atoms with E-state index in [2.05, 4.69) is 10.3 Å². The quantitative estimate of drug-likeness (QED) is 0.761. The molecule has 0 fully saturated rings. The minimum atomic E-state index is 0.0187. The van der Waals surface area contributed by atoms with E-state index in [1.54, 1.807) is 14.2 Å². The van der Waals surface area contributed by atoms with E-state index in [0.717, 1.165) is 11.4 Å². The number of aromatic nitrogens is 1. The lowest BCUT2D eigenvalue weighted by Crippen LogP contribution is -2.30. The summed E-state index contributed by atoms with van der Waals surface area (Å²) in [6.45, 7) is 2.90. The first-order valence-corrected chi connectivity index (χ1v) is 5.63. The molecule has 1 aromatic rings. The molecule has 1 aromatic heterocycles. The molecule has 0 saturated carbocycles. The second-order valence-electron chi connectivity index (χ2n) is 3.77. The van der Waals surface area contributed by atoms with Crippen molar-refractivity contribution >= 4 is 23.0 Å². The summed E-state index contributed by atoms with van der Waals surface area (Å²) in [5, 5.41) is 3.54. The van der Waals surface area contributed by atoms with Gasteiger partial charge in [0, 0.05) is 19.9 Å². The first-order valence-electron chi connectivity index (χ1n) is 5.25. The van der Waals surface area contributed by atoms with E-state index in [9.17, 15) is 0 Å². The number of anilines is 2. The van der Waals surface area contributed by atoms with Crippen LogP contribution in [0.25, 0.3) is 0 Å². The SMILES string of the molecule is COCC(COC)Nc1cc(C)nc(Cl)c1N. The van der Waals surface area contributed by atoms with E-state index in [1.807, 2.05) is 13.0 Å². The highest BCUT2D eigenvalue weighted by molar-refractivity contribution is 6.32. The van der Waals surface area contributed by atoms with E-state index in [-0.39, 0.29) is 6.04 Å². The number of ether oxygens (including phenoxy) is 2. The minimum Gasteiger partial charge on any atom is -0.395 e. The summed E-state index contributed by atoms with van der Waals surface area (Å²) in [6, 6.07) is 1.87. The van der Waals surface area contributed by atoms with Crippen molar-refractivity contribution in [2.75, 3.05) is 38.5 Å². The van der Waals surface area contributed by atoms with Gasteiger partial charge in [0.1, 0.15) is 0 Å². The molecule has 96 valence electrons. The fraction of sp³-hybridized carbons (Fsp3) is 0.545. The number of nitrogen functional groups attached to an aromatic ring is 1. The number of nitrogens with two attached hydrogens (primary N) is 1. The molecule has 1 heterocycles. The van der Waals surface area contributed by atoms with Crippen molar-refractivity contribution in [3.05, 3.63) is 16.9 Å². The zero-order valence-corrected chi connectivity index (χ0v) is 11.0. The van der Waals surface area contributed by atoms with Crippen LogP contribution >= 0.6 is 11.6 Å². The van der Waals surface area contributed by atoms with Gasteiger partial charge in [-0.3, -0.25) is 0 Å². The molecule has 0 saturated heterocycles. The van der Waals surface area contributed by atoms with Crippen LogP contribution in [0.2, 0.25) is 5.15 Å². The van der Waals surface area contributed by atoms with Crippen molar-refractivity contribution in [3.8, 4) is 0 Å². The van der Waals surface area contributed by atoms with Crippen LogP contribution in [0.1, 0.15) is 5.69 Å². The molecule has 0 aliphatic heterocycles. The minimum absolute atomic E-state index is 0.0187. The van der Waals surface area contributed by atoms with Gasteiger partial charge in [-0.2, -0.15) is 0 Å². The van der Waals surface area contributed by atoms with Gasteiger partial charge >= 0.3 is 0 Å². The number of methoxy groups -OCH3 is 2. The Balaban J connectivity index is 2.84. The monoisotopic (exact) mass is 259 g/mol. The van der Waals surface area contributed by atoms with Crippen LogP contribution in [0.5, 0.6) is 0 Å². The lowest BCUT2D eigenvalue weighted by molar-refractivity contribution is 0.126. The number of halogens is 1. The molecule has 5 nitrogen and oxygen atoms in total. The number of hydrogen-bond acceptors (Lipinski definition) is 5. The van der Waals surface area contributed by atoms with Crippen molar-refractivity contribution in [2.45, 2.75) is 13.0 Å². The number of rotatable bonds is 6. The Hall–Kier alpha value is -1.04. The molecule has 0 radical (unpaired) electrons. The van der Waals surface area contributed by atoms with Crippen LogP contribution in [0.3, 0.4) is 0 Å². The first kappa shape index (κ1) is 14.0. The molecule has 0 spiro atoms. The molecular formula is C11H18ClN3O2. The summed E-state index contributed by atoms with van der Waals surface area (Å²) in [7, 11) is 3.27. The van der Waals surface area contributed by atoms with Gasteiger partial charge in [-0.15, -0.1) is 0 Å². The van der Waals surface area contributed by atoms with Crippen molar-refractivity contribution in [1.29, 1.82) is 0 Å². The second kappa shape index (κ2) is 6.64. The van der Waals surface area contributed by atoms with Crippen LogP contribution in [-0.4, -0.2) is 38.5 Å². The van der Waals surface area contributed by atoms with Crippen molar-refractivity contribution in [1.82, 2.24) is 4.98 Å². The number of nitrogens with zero attached hydrogens (tertiary/aromatic N) is 1. The zero-order chi connectivity index (χ0) is 12.8. The number of aryl methyl sites for hydroxylation is 1. The topological polar surface area (TPSA) is 69.4 Å². The second-order valence-corrected chi connectivity index (χ2v) is 4.13. The summed E-state index contributed by atoms with van der Waals surface area (Å²) < 4.78 is 10.2. The van der Waals surface area contributed by atoms with E-state index in [0.29, 0.717) is 24.1 Å². The van der Waals surface area contributed by atoms with Gasteiger partial charge in [0.25, 0.3) is 0 Å². The third-order valence-corrected chi connectivity index (χ3v) is 2.52. The normalized spacial score (nSPS) is 10.9. The highest BCUT2D eigenvalue weighted by atomic mass is 35.5. The number of hydrogen-bond donors (Lipinski definition) is 2. The van der Waals surface area contributed by atoms with E-state index >= 15 is 0 Å². The molecule has 0 unspecified atom stereocenters. The van der Waals surface area contributed by atoms with Gasteiger partial charge in [-0.1, -0.05) is 11.6 Å². The molecular weight excluding hydrogens is 242 g/mol. The van der Waals surface area contributed by atoms with Gasteiger partial charge in [0.15, 0.2) is 5.15 Å². The summed E-state index contributed by atoms with van der Waals surface area (Å²) in [5.74, 6) is 0.